The molecule has 2 aromatic rings. The smallest absolute Gasteiger partial charge is 0.179 e. The largest absolute Gasteiger partial charge is 0.456 e. The van der Waals surface area contributed by atoms with Crippen LogP contribution in [-0.2, 0) is 19.7 Å². The lowest BCUT2D eigenvalue weighted by atomic mass is 10.2. The molecule has 0 saturated carbocycles. The highest BCUT2D eigenvalue weighted by atomic mass is 32.2. The molecule has 7 heteroatoms. The van der Waals surface area contributed by atoms with Crippen LogP contribution in [0.2, 0.25) is 0 Å². The number of aryl methyl sites for hydroxylation is 1. The van der Waals surface area contributed by atoms with E-state index < -0.39 is 19.7 Å². The molecule has 0 aliphatic carbocycles. The highest BCUT2D eigenvalue weighted by Gasteiger charge is 2.19. The molecule has 0 amide bonds. The van der Waals surface area contributed by atoms with E-state index in [0.29, 0.717) is 5.75 Å². The van der Waals surface area contributed by atoms with Crippen molar-refractivity contribution in [2.75, 3.05) is 12.5 Å². The van der Waals surface area contributed by atoms with Crippen molar-refractivity contribution < 1.29 is 21.6 Å². The van der Waals surface area contributed by atoms with Gasteiger partial charge in [0, 0.05) is 12.5 Å². The summed E-state index contributed by atoms with van der Waals surface area (Å²) in [7, 11) is -7.14. The van der Waals surface area contributed by atoms with Crippen LogP contribution in [0.1, 0.15) is 5.56 Å². The van der Waals surface area contributed by atoms with E-state index in [-0.39, 0.29) is 15.5 Å². The third kappa shape index (κ3) is 3.66. The average molecular weight is 340 g/mol. The summed E-state index contributed by atoms with van der Waals surface area (Å²) in [6.45, 7) is 1.83. The maximum atomic E-state index is 11.9. The van der Waals surface area contributed by atoms with Crippen LogP contribution in [0, 0.1) is 6.92 Å². The molecule has 0 atom stereocenters. The quantitative estimate of drug-likeness (QED) is 0.855. The fraction of sp³-hybridized carbons (Fsp3) is 0.200. The second-order valence-electron chi connectivity index (χ2n) is 5.02. The molecular weight excluding hydrogens is 324 g/mol. The lowest BCUT2D eigenvalue weighted by Gasteiger charge is -2.13. The number of benzene rings is 2. The lowest BCUT2D eigenvalue weighted by Crippen LogP contribution is -2.04. The monoisotopic (exact) mass is 340 g/mol. The molecule has 0 aliphatic heterocycles. The minimum atomic E-state index is -3.64. The predicted octanol–water partition coefficient (Wildman–Crippen LogP) is 2.59. The minimum absolute atomic E-state index is 0.0648. The van der Waals surface area contributed by atoms with Crippen molar-refractivity contribution in [3.63, 3.8) is 0 Å². The molecule has 0 radical (unpaired) electrons. The minimum Gasteiger partial charge on any atom is -0.456 e. The first-order valence-electron chi connectivity index (χ1n) is 6.37. The number of sulfone groups is 2. The molecule has 0 spiro atoms. The maximum Gasteiger partial charge on any atom is 0.179 e. The Bertz CT molecular complexity index is 913. The first kappa shape index (κ1) is 16.5. The van der Waals surface area contributed by atoms with Crippen LogP contribution in [0.25, 0.3) is 0 Å². The standard InChI is InChI=1S/C15H16O5S2/c1-11-6-4-5-7-13(11)20-14-9-8-12(21(2,16)17)10-15(14)22(3,18)19/h4-10H,1-3H3. The molecule has 0 bridgehead atoms. The van der Waals surface area contributed by atoms with E-state index in [4.69, 9.17) is 4.74 Å². The SMILES string of the molecule is Cc1ccccc1Oc1ccc(S(C)(=O)=O)cc1S(C)(=O)=O. The van der Waals surface area contributed by atoms with Gasteiger partial charge < -0.3 is 4.74 Å². The Morgan fingerprint density at radius 1 is 0.818 bits per heavy atom. The number of para-hydroxylation sites is 1. The van der Waals surface area contributed by atoms with Crippen molar-refractivity contribution in [3.05, 3.63) is 48.0 Å². The van der Waals surface area contributed by atoms with E-state index >= 15 is 0 Å². The Labute approximate surface area is 130 Å². The molecule has 22 heavy (non-hydrogen) atoms. The van der Waals surface area contributed by atoms with E-state index in [1.54, 1.807) is 12.1 Å². The van der Waals surface area contributed by atoms with Crippen molar-refractivity contribution in [2.24, 2.45) is 0 Å². The van der Waals surface area contributed by atoms with Gasteiger partial charge in [-0.05, 0) is 36.8 Å². The zero-order valence-electron chi connectivity index (χ0n) is 12.4. The maximum absolute atomic E-state index is 11.9. The van der Waals surface area contributed by atoms with Gasteiger partial charge in [0.05, 0.1) is 4.90 Å². The summed E-state index contributed by atoms with van der Waals surface area (Å²) in [5.41, 5.74) is 0.842. The van der Waals surface area contributed by atoms with Gasteiger partial charge in [-0.2, -0.15) is 0 Å². The van der Waals surface area contributed by atoms with Crippen LogP contribution in [0.5, 0.6) is 11.5 Å². The Morgan fingerprint density at radius 3 is 2.00 bits per heavy atom. The molecule has 5 nitrogen and oxygen atoms in total. The number of rotatable bonds is 4. The molecule has 0 saturated heterocycles. The molecule has 0 aromatic heterocycles. The third-order valence-corrected chi connectivity index (χ3v) is 5.28. The number of hydrogen-bond acceptors (Lipinski definition) is 5. The average Bonchev–Trinajstić information content (AvgIpc) is 2.39. The summed E-state index contributed by atoms with van der Waals surface area (Å²) in [5, 5.41) is 0. The summed E-state index contributed by atoms with van der Waals surface area (Å²) in [4.78, 5) is -0.219. The molecule has 0 aliphatic rings. The summed E-state index contributed by atoms with van der Waals surface area (Å²) >= 11 is 0. The fourth-order valence-corrected chi connectivity index (χ4v) is 3.42. The van der Waals surface area contributed by atoms with Crippen molar-refractivity contribution >= 4 is 19.7 Å². The van der Waals surface area contributed by atoms with Gasteiger partial charge >= 0.3 is 0 Å². The van der Waals surface area contributed by atoms with Crippen molar-refractivity contribution in [2.45, 2.75) is 16.7 Å². The fourth-order valence-electron chi connectivity index (χ4n) is 1.88. The van der Waals surface area contributed by atoms with Crippen LogP contribution in [0.3, 0.4) is 0 Å². The third-order valence-electron chi connectivity index (χ3n) is 3.06. The summed E-state index contributed by atoms with van der Waals surface area (Å²) in [5.74, 6) is 0.615. The van der Waals surface area contributed by atoms with E-state index in [1.165, 1.54) is 12.1 Å². The lowest BCUT2D eigenvalue weighted by molar-refractivity contribution is 0.463. The highest BCUT2D eigenvalue weighted by molar-refractivity contribution is 7.91. The van der Waals surface area contributed by atoms with Gasteiger partial charge in [-0.1, -0.05) is 18.2 Å². The van der Waals surface area contributed by atoms with E-state index in [9.17, 15) is 16.8 Å². The van der Waals surface area contributed by atoms with E-state index in [1.807, 2.05) is 19.1 Å². The number of ether oxygens (including phenoxy) is 1. The van der Waals surface area contributed by atoms with Crippen LogP contribution < -0.4 is 4.74 Å². The Hall–Kier alpha value is -1.86. The predicted molar refractivity (Wildman–Crippen MR) is 83.9 cm³/mol. The second-order valence-corrected chi connectivity index (χ2v) is 9.02. The molecule has 0 heterocycles. The van der Waals surface area contributed by atoms with Crippen LogP contribution in [0.15, 0.2) is 52.3 Å². The molecule has 0 fully saturated rings. The highest BCUT2D eigenvalue weighted by Crippen LogP contribution is 2.32. The Kier molecular flexibility index (Phi) is 4.30. The molecule has 0 N–H and O–H groups in total. The van der Waals surface area contributed by atoms with Crippen molar-refractivity contribution in [3.8, 4) is 11.5 Å². The molecule has 118 valence electrons. The molecule has 2 rings (SSSR count). The Morgan fingerprint density at radius 2 is 1.45 bits per heavy atom. The van der Waals surface area contributed by atoms with Gasteiger partial charge in [-0.3, -0.25) is 0 Å². The zero-order chi connectivity index (χ0) is 16.5. The van der Waals surface area contributed by atoms with Gasteiger partial charge in [0.15, 0.2) is 19.7 Å². The summed E-state index contributed by atoms with van der Waals surface area (Å²) in [6.07, 6.45) is 2.04. The molecule has 0 unspecified atom stereocenters. The first-order chi connectivity index (χ1) is 10.1. The van der Waals surface area contributed by atoms with E-state index in [0.717, 1.165) is 24.1 Å². The second kappa shape index (κ2) is 5.73. The Balaban J connectivity index is 2.60. The zero-order valence-corrected chi connectivity index (χ0v) is 14.0. The first-order valence-corrected chi connectivity index (χ1v) is 10.1. The van der Waals surface area contributed by atoms with Crippen molar-refractivity contribution in [1.29, 1.82) is 0 Å². The molecular formula is C15H16O5S2. The van der Waals surface area contributed by atoms with Gasteiger partial charge in [0.25, 0.3) is 0 Å². The summed E-state index contributed by atoms with van der Waals surface area (Å²) < 4.78 is 52.7. The summed E-state index contributed by atoms with van der Waals surface area (Å²) in [6, 6.07) is 11.0. The van der Waals surface area contributed by atoms with Gasteiger partial charge in [-0.15, -0.1) is 0 Å². The topological polar surface area (TPSA) is 77.5 Å². The van der Waals surface area contributed by atoms with Crippen LogP contribution >= 0.6 is 0 Å². The number of hydrogen-bond donors (Lipinski definition) is 0. The van der Waals surface area contributed by atoms with Crippen LogP contribution in [-0.4, -0.2) is 29.3 Å². The molecule has 2 aromatic carbocycles. The van der Waals surface area contributed by atoms with Crippen LogP contribution in [0.4, 0.5) is 0 Å². The van der Waals surface area contributed by atoms with Gasteiger partial charge in [0.1, 0.15) is 16.4 Å². The van der Waals surface area contributed by atoms with E-state index in [2.05, 4.69) is 0 Å². The normalized spacial score (nSPS) is 12.1. The van der Waals surface area contributed by atoms with Crippen molar-refractivity contribution in [1.82, 2.24) is 0 Å². The van der Waals surface area contributed by atoms with Gasteiger partial charge in [-0.25, -0.2) is 16.8 Å². The van der Waals surface area contributed by atoms with Gasteiger partial charge in [0.2, 0.25) is 0 Å².